The first kappa shape index (κ1) is 13.2. The lowest BCUT2D eigenvalue weighted by Crippen LogP contribution is -2.31. The Bertz CT molecular complexity index is 413. The van der Waals surface area contributed by atoms with Crippen LogP contribution in [0.15, 0.2) is 35.9 Å². The first-order chi connectivity index (χ1) is 8.68. The van der Waals surface area contributed by atoms with Gasteiger partial charge >= 0.3 is 0 Å². The van der Waals surface area contributed by atoms with Crippen molar-refractivity contribution >= 4 is 5.69 Å². The van der Waals surface area contributed by atoms with Crippen molar-refractivity contribution in [3.63, 3.8) is 0 Å². The van der Waals surface area contributed by atoms with Crippen LogP contribution in [0.3, 0.4) is 0 Å². The fourth-order valence-corrected chi connectivity index (χ4v) is 2.64. The van der Waals surface area contributed by atoms with Crippen molar-refractivity contribution in [1.82, 2.24) is 0 Å². The monoisotopic (exact) mass is 244 g/mol. The zero-order valence-corrected chi connectivity index (χ0v) is 11.5. The van der Waals surface area contributed by atoms with Crippen molar-refractivity contribution in [1.29, 1.82) is 0 Å². The normalized spacial score (nSPS) is 17.4. The number of rotatable bonds is 3. The van der Waals surface area contributed by atoms with E-state index in [2.05, 4.69) is 49.1 Å². The fraction of sp³-hybridized carbons (Fsp3) is 0.500. The number of nitrogens with zero attached hydrogens (tertiary/aromatic N) is 1. The Morgan fingerprint density at radius 2 is 1.83 bits per heavy atom. The van der Waals surface area contributed by atoms with Crippen molar-refractivity contribution in [2.45, 2.75) is 39.2 Å². The smallest absolute Gasteiger partial charge is 0.0504 e. The third-order valence-electron chi connectivity index (χ3n) is 3.51. The molecule has 2 nitrogen and oxygen atoms in total. The van der Waals surface area contributed by atoms with Gasteiger partial charge in [0.05, 0.1) is 6.04 Å². The summed E-state index contributed by atoms with van der Waals surface area (Å²) >= 11 is 0. The van der Waals surface area contributed by atoms with Gasteiger partial charge in [0.25, 0.3) is 0 Å². The average Bonchev–Trinajstić information content (AvgIpc) is 2.39. The summed E-state index contributed by atoms with van der Waals surface area (Å²) in [7, 11) is 0. The second-order valence-corrected chi connectivity index (χ2v) is 5.38. The number of benzene rings is 1. The molecule has 1 aliphatic heterocycles. The quantitative estimate of drug-likeness (QED) is 0.822. The lowest BCUT2D eigenvalue weighted by molar-refractivity contribution is 0.575. The standard InChI is InChI=1S/C16H24N2/c1-13(2)12-15(17)14-8-4-5-9-16(14)18-10-6-3-7-11-18/h4-5,8-9,12,15H,3,6-7,10-11,17H2,1-2H3. The van der Waals surface area contributed by atoms with Gasteiger partial charge in [0.1, 0.15) is 0 Å². The largest absolute Gasteiger partial charge is 0.371 e. The van der Waals surface area contributed by atoms with Gasteiger partial charge in [0, 0.05) is 18.8 Å². The second kappa shape index (κ2) is 6.05. The maximum Gasteiger partial charge on any atom is 0.0504 e. The Hall–Kier alpha value is -1.28. The number of piperidine rings is 1. The number of nitrogens with two attached hydrogens (primary N) is 1. The molecule has 0 aromatic heterocycles. The van der Waals surface area contributed by atoms with Crippen LogP contribution < -0.4 is 10.6 Å². The Labute approximate surface area is 110 Å². The van der Waals surface area contributed by atoms with Gasteiger partial charge in [-0.3, -0.25) is 0 Å². The van der Waals surface area contributed by atoms with E-state index in [-0.39, 0.29) is 6.04 Å². The summed E-state index contributed by atoms with van der Waals surface area (Å²) in [6.45, 7) is 6.53. The molecule has 18 heavy (non-hydrogen) atoms. The molecule has 1 unspecified atom stereocenters. The Balaban J connectivity index is 2.27. The summed E-state index contributed by atoms with van der Waals surface area (Å²) < 4.78 is 0. The third-order valence-corrected chi connectivity index (χ3v) is 3.51. The zero-order valence-electron chi connectivity index (χ0n) is 11.5. The zero-order chi connectivity index (χ0) is 13.0. The molecule has 2 rings (SSSR count). The minimum absolute atomic E-state index is 0.00752. The van der Waals surface area contributed by atoms with Crippen LogP contribution in [0.2, 0.25) is 0 Å². The minimum atomic E-state index is 0.00752. The highest BCUT2D eigenvalue weighted by atomic mass is 15.1. The van der Waals surface area contributed by atoms with E-state index in [9.17, 15) is 0 Å². The van der Waals surface area contributed by atoms with Crippen molar-refractivity contribution in [3.8, 4) is 0 Å². The predicted molar refractivity (Wildman–Crippen MR) is 78.9 cm³/mol. The molecule has 1 atom stereocenters. The maximum absolute atomic E-state index is 6.30. The van der Waals surface area contributed by atoms with Crippen LogP contribution >= 0.6 is 0 Å². The van der Waals surface area contributed by atoms with E-state index in [1.165, 1.54) is 49.2 Å². The Morgan fingerprint density at radius 3 is 2.50 bits per heavy atom. The summed E-state index contributed by atoms with van der Waals surface area (Å²) in [4.78, 5) is 2.48. The van der Waals surface area contributed by atoms with Crippen molar-refractivity contribution in [2.24, 2.45) is 5.73 Å². The molecule has 0 radical (unpaired) electrons. The molecule has 1 saturated heterocycles. The summed E-state index contributed by atoms with van der Waals surface area (Å²) in [5.74, 6) is 0. The molecule has 2 heteroatoms. The predicted octanol–water partition coefficient (Wildman–Crippen LogP) is 3.64. The van der Waals surface area contributed by atoms with E-state index in [4.69, 9.17) is 5.73 Å². The van der Waals surface area contributed by atoms with E-state index in [1.807, 2.05) is 0 Å². The van der Waals surface area contributed by atoms with Gasteiger partial charge in [-0.05, 0) is 44.7 Å². The van der Waals surface area contributed by atoms with Crippen molar-refractivity contribution < 1.29 is 0 Å². The van der Waals surface area contributed by atoms with Crippen LogP contribution in [0.1, 0.15) is 44.7 Å². The number of para-hydroxylation sites is 1. The van der Waals surface area contributed by atoms with Crippen molar-refractivity contribution in [3.05, 3.63) is 41.5 Å². The molecular weight excluding hydrogens is 220 g/mol. The number of hydrogen-bond donors (Lipinski definition) is 1. The molecule has 2 N–H and O–H groups in total. The first-order valence-electron chi connectivity index (χ1n) is 6.93. The van der Waals surface area contributed by atoms with Gasteiger partial charge in [-0.25, -0.2) is 0 Å². The fourth-order valence-electron chi connectivity index (χ4n) is 2.64. The summed E-state index contributed by atoms with van der Waals surface area (Å²) in [5, 5.41) is 0. The SMILES string of the molecule is CC(C)=CC(N)c1ccccc1N1CCCCC1. The third kappa shape index (κ3) is 3.14. The van der Waals surface area contributed by atoms with Gasteiger partial charge in [0.15, 0.2) is 0 Å². The second-order valence-electron chi connectivity index (χ2n) is 5.38. The Morgan fingerprint density at radius 1 is 1.17 bits per heavy atom. The van der Waals surface area contributed by atoms with Gasteiger partial charge in [-0.1, -0.05) is 29.8 Å². The highest BCUT2D eigenvalue weighted by Crippen LogP contribution is 2.28. The van der Waals surface area contributed by atoms with Crippen LogP contribution in [0.4, 0.5) is 5.69 Å². The van der Waals surface area contributed by atoms with Crippen LogP contribution in [-0.2, 0) is 0 Å². The molecule has 0 amide bonds. The van der Waals surface area contributed by atoms with Crippen LogP contribution in [0.25, 0.3) is 0 Å². The number of hydrogen-bond acceptors (Lipinski definition) is 2. The van der Waals surface area contributed by atoms with E-state index in [0.29, 0.717) is 0 Å². The highest BCUT2D eigenvalue weighted by molar-refractivity contribution is 5.56. The van der Waals surface area contributed by atoms with E-state index in [1.54, 1.807) is 0 Å². The van der Waals surface area contributed by atoms with E-state index in [0.717, 1.165) is 0 Å². The summed E-state index contributed by atoms with van der Waals surface area (Å²) in [5.41, 5.74) is 10.1. The summed E-state index contributed by atoms with van der Waals surface area (Å²) in [6, 6.07) is 8.57. The maximum atomic E-state index is 6.30. The highest BCUT2D eigenvalue weighted by Gasteiger charge is 2.16. The minimum Gasteiger partial charge on any atom is -0.371 e. The number of allylic oxidation sites excluding steroid dienone is 1. The lowest BCUT2D eigenvalue weighted by atomic mass is 10.0. The molecule has 98 valence electrons. The van der Waals surface area contributed by atoms with Crippen molar-refractivity contribution in [2.75, 3.05) is 18.0 Å². The average molecular weight is 244 g/mol. The molecule has 0 aliphatic carbocycles. The molecule has 0 saturated carbocycles. The van der Waals surface area contributed by atoms with E-state index < -0.39 is 0 Å². The van der Waals surface area contributed by atoms with Crippen LogP contribution in [-0.4, -0.2) is 13.1 Å². The Kier molecular flexibility index (Phi) is 4.43. The molecule has 1 fully saturated rings. The van der Waals surface area contributed by atoms with Crippen LogP contribution in [0, 0.1) is 0 Å². The first-order valence-corrected chi connectivity index (χ1v) is 6.93. The molecule has 1 aromatic carbocycles. The van der Waals surface area contributed by atoms with Gasteiger partial charge in [-0.2, -0.15) is 0 Å². The molecule has 1 aromatic rings. The van der Waals surface area contributed by atoms with Crippen LogP contribution in [0.5, 0.6) is 0 Å². The van der Waals surface area contributed by atoms with Gasteiger partial charge < -0.3 is 10.6 Å². The van der Waals surface area contributed by atoms with Gasteiger partial charge in [-0.15, -0.1) is 0 Å². The molecular formula is C16H24N2. The molecule has 0 bridgehead atoms. The van der Waals surface area contributed by atoms with E-state index >= 15 is 0 Å². The van der Waals surface area contributed by atoms with Gasteiger partial charge in [0.2, 0.25) is 0 Å². The molecule has 1 aliphatic rings. The molecule has 0 spiro atoms. The summed E-state index contributed by atoms with van der Waals surface area (Å²) in [6.07, 6.45) is 6.10. The topological polar surface area (TPSA) is 29.3 Å². The molecule has 1 heterocycles. The number of anilines is 1. The lowest BCUT2D eigenvalue weighted by Gasteiger charge is -2.31.